The number of amides is 1. The van der Waals surface area contributed by atoms with Gasteiger partial charge in [-0.25, -0.2) is 23.4 Å². The highest BCUT2D eigenvalue weighted by atomic mass is 19.1. The van der Waals surface area contributed by atoms with Crippen molar-refractivity contribution < 1.29 is 13.6 Å². The number of benzene rings is 3. The Bertz CT molecular complexity index is 1670. The van der Waals surface area contributed by atoms with Crippen LogP contribution in [0.2, 0.25) is 0 Å². The van der Waals surface area contributed by atoms with E-state index >= 15 is 0 Å². The third-order valence-corrected chi connectivity index (χ3v) is 7.19. The third kappa shape index (κ3) is 5.02. The lowest BCUT2D eigenvalue weighted by Crippen LogP contribution is -2.36. The first kappa shape index (κ1) is 25.6. The maximum atomic E-state index is 14.3. The summed E-state index contributed by atoms with van der Waals surface area (Å²) in [6, 6.07) is 22.3. The Kier molecular flexibility index (Phi) is 6.94. The van der Waals surface area contributed by atoms with Crippen molar-refractivity contribution in [2.75, 3.05) is 31.1 Å². The summed E-state index contributed by atoms with van der Waals surface area (Å²) < 4.78 is 29.8. The number of fused-ring (bicyclic) bond motifs is 1. The molecule has 40 heavy (non-hydrogen) atoms. The van der Waals surface area contributed by atoms with Gasteiger partial charge in [0.05, 0.1) is 22.3 Å². The average molecular weight is 539 g/mol. The average Bonchev–Trinajstić information content (AvgIpc) is 3.13. The fraction of sp³-hybridized carbons (Fsp3) is 0.226. The summed E-state index contributed by atoms with van der Waals surface area (Å²) in [4.78, 5) is 26.9. The number of halogens is 2. The molecule has 3 aromatic carbocycles. The summed E-state index contributed by atoms with van der Waals surface area (Å²) in [7, 11) is 0. The normalized spacial score (nSPS) is 14.0. The number of nitrogens with zero attached hydrogens (tertiary/aromatic N) is 6. The van der Waals surface area contributed by atoms with Gasteiger partial charge in [0.15, 0.2) is 5.65 Å². The highest BCUT2D eigenvalue weighted by Gasteiger charge is 2.26. The number of rotatable bonds is 5. The molecular formula is C31H28F2N6O. The minimum Gasteiger partial charge on any atom is -0.354 e. The summed E-state index contributed by atoms with van der Waals surface area (Å²) in [5.74, 6) is 0.247. The maximum absolute atomic E-state index is 14.3. The Hall–Kier alpha value is -4.66. The summed E-state index contributed by atoms with van der Waals surface area (Å²) in [6.45, 7) is 4.05. The molecule has 7 nitrogen and oxygen atoms in total. The lowest BCUT2D eigenvalue weighted by Gasteiger charge is -2.24. The summed E-state index contributed by atoms with van der Waals surface area (Å²) in [5.41, 5.74) is 3.26. The van der Waals surface area contributed by atoms with Crippen molar-refractivity contribution in [3.63, 3.8) is 0 Å². The predicted octanol–water partition coefficient (Wildman–Crippen LogP) is 5.35. The monoisotopic (exact) mass is 538 g/mol. The zero-order valence-corrected chi connectivity index (χ0v) is 22.1. The van der Waals surface area contributed by atoms with E-state index in [1.807, 2.05) is 37.3 Å². The first-order chi connectivity index (χ1) is 19.5. The Labute approximate surface area is 230 Å². The van der Waals surface area contributed by atoms with Crippen LogP contribution in [0.25, 0.3) is 16.7 Å². The van der Waals surface area contributed by atoms with Crippen molar-refractivity contribution in [3.8, 4) is 5.69 Å². The molecule has 1 amide bonds. The molecule has 0 atom stereocenters. The number of carbonyl (C=O) groups is 1. The Balaban J connectivity index is 1.39. The molecule has 3 heterocycles. The van der Waals surface area contributed by atoms with Crippen LogP contribution in [0.15, 0.2) is 78.9 Å². The van der Waals surface area contributed by atoms with E-state index in [1.165, 1.54) is 24.3 Å². The van der Waals surface area contributed by atoms with Crippen LogP contribution in [0.1, 0.15) is 33.9 Å². The lowest BCUT2D eigenvalue weighted by molar-refractivity contribution is 0.0762. The van der Waals surface area contributed by atoms with Gasteiger partial charge in [0.25, 0.3) is 5.91 Å². The molecule has 0 saturated carbocycles. The molecule has 1 saturated heterocycles. The second-order valence-corrected chi connectivity index (χ2v) is 9.91. The van der Waals surface area contributed by atoms with Crippen LogP contribution in [0.5, 0.6) is 0 Å². The van der Waals surface area contributed by atoms with Crippen LogP contribution >= 0.6 is 0 Å². The predicted molar refractivity (Wildman–Crippen MR) is 150 cm³/mol. The molecule has 202 valence electrons. The Morgan fingerprint density at radius 1 is 0.850 bits per heavy atom. The van der Waals surface area contributed by atoms with Gasteiger partial charge >= 0.3 is 0 Å². The topological polar surface area (TPSA) is 67.2 Å². The molecule has 2 aromatic heterocycles. The minimum absolute atomic E-state index is 0.0851. The van der Waals surface area contributed by atoms with Crippen LogP contribution < -0.4 is 4.90 Å². The van der Waals surface area contributed by atoms with Gasteiger partial charge in [-0.2, -0.15) is 5.10 Å². The van der Waals surface area contributed by atoms with Gasteiger partial charge in [0, 0.05) is 32.6 Å². The van der Waals surface area contributed by atoms with Gasteiger partial charge in [-0.3, -0.25) is 4.79 Å². The fourth-order valence-corrected chi connectivity index (χ4v) is 5.19. The second kappa shape index (κ2) is 10.8. The van der Waals surface area contributed by atoms with Gasteiger partial charge in [-0.1, -0.05) is 42.5 Å². The number of aryl methyl sites for hydroxylation is 1. The minimum atomic E-state index is -0.513. The van der Waals surface area contributed by atoms with Gasteiger partial charge in [0.1, 0.15) is 23.3 Å². The fourth-order valence-electron chi connectivity index (χ4n) is 5.19. The zero-order chi connectivity index (χ0) is 27.6. The van der Waals surface area contributed by atoms with Gasteiger partial charge in [-0.15, -0.1) is 0 Å². The molecule has 6 rings (SSSR count). The van der Waals surface area contributed by atoms with E-state index in [2.05, 4.69) is 4.90 Å². The van der Waals surface area contributed by atoms with E-state index < -0.39 is 5.82 Å². The summed E-state index contributed by atoms with van der Waals surface area (Å²) in [6.07, 6.45) is 1.23. The van der Waals surface area contributed by atoms with E-state index in [9.17, 15) is 13.6 Å². The lowest BCUT2D eigenvalue weighted by atomic mass is 10.1. The van der Waals surface area contributed by atoms with Crippen molar-refractivity contribution in [2.24, 2.45) is 0 Å². The Morgan fingerprint density at radius 3 is 2.38 bits per heavy atom. The van der Waals surface area contributed by atoms with Gasteiger partial charge < -0.3 is 9.80 Å². The molecule has 9 heteroatoms. The first-order valence-corrected chi connectivity index (χ1v) is 13.3. The van der Waals surface area contributed by atoms with E-state index in [0.717, 1.165) is 22.5 Å². The molecule has 0 spiro atoms. The van der Waals surface area contributed by atoms with Crippen molar-refractivity contribution >= 4 is 22.8 Å². The van der Waals surface area contributed by atoms with E-state index in [1.54, 1.807) is 33.8 Å². The van der Waals surface area contributed by atoms with Gasteiger partial charge in [-0.05, 0) is 55.3 Å². The quantitative estimate of drug-likeness (QED) is 0.302. The number of anilines is 1. The number of hydrogen-bond donors (Lipinski definition) is 0. The molecule has 1 aliphatic rings. The molecule has 0 aliphatic carbocycles. The molecule has 5 aromatic rings. The van der Waals surface area contributed by atoms with Crippen molar-refractivity contribution in [2.45, 2.75) is 19.8 Å². The molecule has 1 fully saturated rings. The van der Waals surface area contributed by atoms with Crippen LogP contribution in [0.3, 0.4) is 0 Å². The standard InChI is InChI=1S/C31H28F2N6O/c1-21-28-29(37-16-7-17-38(19-18-37)31(40)25-10-5-6-11-26(25)33)34-27(20-22-8-3-2-4-9-22)35-30(28)39(36-21)24-14-12-23(32)13-15-24/h2-6,8-15H,7,16-20H2,1H3. The van der Waals surface area contributed by atoms with Crippen molar-refractivity contribution in [3.05, 3.63) is 113 Å². The molecule has 1 aliphatic heterocycles. The highest BCUT2D eigenvalue weighted by molar-refractivity contribution is 5.95. The second-order valence-electron chi connectivity index (χ2n) is 9.91. The number of aromatic nitrogens is 4. The number of hydrogen-bond acceptors (Lipinski definition) is 5. The SMILES string of the molecule is Cc1nn(-c2ccc(F)cc2)c2nc(Cc3ccccc3)nc(N3CCCN(C(=O)c4ccccc4F)CC3)c12. The summed E-state index contributed by atoms with van der Waals surface area (Å²) in [5, 5.41) is 5.58. The maximum Gasteiger partial charge on any atom is 0.256 e. The highest BCUT2D eigenvalue weighted by Crippen LogP contribution is 2.30. The smallest absolute Gasteiger partial charge is 0.256 e. The van der Waals surface area contributed by atoms with E-state index in [-0.39, 0.29) is 17.3 Å². The van der Waals surface area contributed by atoms with Crippen LogP contribution in [-0.4, -0.2) is 56.7 Å². The van der Waals surface area contributed by atoms with Crippen molar-refractivity contribution in [1.82, 2.24) is 24.6 Å². The van der Waals surface area contributed by atoms with Crippen LogP contribution in [0, 0.1) is 18.6 Å². The van der Waals surface area contributed by atoms with Crippen LogP contribution in [0.4, 0.5) is 14.6 Å². The van der Waals surface area contributed by atoms with Crippen LogP contribution in [-0.2, 0) is 6.42 Å². The van der Waals surface area contributed by atoms with Crippen molar-refractivity contribution in [1.29, 1.82) is 0 Å². The zero-order valence-electron chi connectivity index (χ0n) is 22.1. The molecule has 0 bridgehead atoms. The Morgan fingerprint density at radius 2 is 1.60 bits per heavy atom. The summed E-state index contributed by atoms with van der Waals surface area (Å²) >= 11 is 0. The molecule has 0 unspecified atom stereocenters. The third-order valence-electron chi connectivity index (χ3n) is 7.19. The largest absolute Gasteiger partial charge is 0.354 e. The van der Waals surface area contributed by atoms with E-state index in [0.29, 0.717) is 56.2 Å². The molecule has 0 radical (unpaired) electrons. The first-order valence-electron chi connectivity index (χ1n) is 13.3. The number of carbonyl (C=O) groups excluding carboxylic acids is 1. The molecule has 0 N–H and O–H groups in total. The van der Waals surface area contributed by atoms with E-state index in [4.69, 9.17) is 15.1 Å². The molecular weight excluding hydrogens is 510 g/mol. The van der Waals surface area contributed by atoms with Gasteiger partial charge in [0.2, 0.25) is 0 Å².